The summed E-state index contributed by atoms with van der Waals surface area (Å²) in [5, 5.41) is 6.10. The van der Waals surface area contributed by atoms with Crippen molar-refractivity contribution in [3.8, 4) is 5.88 Å². The highest BCUT2D eigenvalue weighted by molar-refractivity contribution is 6.05. The van der Waals surface area contributed by atoms with E-state index in [0.717, 1.165) is 30.3 Å². The molecule has 30 heavy (non-hydrogen) atoms. The summed E-state index contributed by atoms with van der Waals surface area (Å²) in [5.41, 5.74) is 2.80. The normalized spacial score (nSPS) is 13.2. The quantitative estimate of drug-likeness (QED) is 0.646. The van der Waals surface area contributed by atoms with Crippen LogP contribution in [0.2, 0.25) is 0 Å². The van der Waals surface area contributed by atoms with Gasteiger partial charge in [-0.15, -0.1) is 0 Å². The van der Waals surface area contributed by atoms with Gasteiger partial charge in [-0.2, -0.15) is 4.98 Å². The predicted molar refractivity (Wildman–Crippen MR) is 117 cm³/mol. The van der Waals surface area contributed by atoms with Gasteiger partial charge >= 0.3 is 0 Å². The minimum Gasteiger partial charge on any atom is -0.480 e. The summed E-state index contributed by atoms with van der Waals surface area (Å²) in [7, 11) is 1.49. The molecule has 4 rings (SSSR count). The number of aromatic nitrogens is 3. The Balaban J connectivity index is 1.44. The summed E-state index contributed by atoms with van der Waals surface area (Å²) < 4.78 is 5.15. The zero-order valence-corrected chi connectivity index (χ0v) is 17.1. The molecule has 8 nitrogen and oxygen atoms in total. The van der Waals surface area contributed by atoms with Gasteiger partial charge in [0.2, 0.25) is 11.8 Å². The summed E-state index contributed by atoms with van der Waals surface area (Å²) in [5.74, 6) is 1.53. The van der Waals surface area contributed by atoms with Gasteiger partial charge in [-0.3, -0.25) is 4.79 Å². The summed E-state index contributed by atoms with van der Waals surface area (Å²) >= 11 is 0. The minimum atomic E-state index is -0.280. The zero-order valence-electron chi connectivity index (χ0n) is 17.1. The number of nitrogens with one attached hydrogen (secondary N) is 2. The molecule has 0 aliphatic carbocycles. The van der Waals surface area contributed by atoms with E-state index in [2.05, 4.69) is 30.5 Å². The summed E-state index contributed by atoms with van der Waals surface area (Å²) in [6.45, 7) is 4.04. The SMILES string of the molecule is COc1ncccc1C(=O)Nc1ccc(Nc2nc(C)cc(N3CCCC3)n2)cc1. The van der Waals surface area contributed by atoms with Crippen LogP contribution in [0, 0.1) is 6.92 Å². The third kappa shape index (κ3) is 4.48. The summed E-state index contributed by atoms with van der Waals surface area (Å²) in [6, 6.07) is 12.8. The molecule has 0 spiro atoms. The van der Waals surface area contributed by atoms with E-state index in [-0.39, 0.29) is 5.91 Å². The molecule has 2 aromatic heterocycles. The Bertz CT molecular complexity index is 1030. The number of hydrogen-bond donors (Lipinski definition) is 2. The van der Waals surface area contributed by atoms with Crippen molar-refractivity contribution in [2.75, 3.05) is 35.7 Å². The highest BCUT2D eigenvalue weighted by atomic mass is 16.5. The molecule has 1 aliphatic rings. The average molecular weight is 404 g/mol. The molecule has 0 bridgehead atoms. The average Bonchev–Trinajstić information content (AvgIpc) is 3.30. The van der Waals surface area contributed by atoms with Gasteiger partial charge < -0.3 is 20.3 Å². The highest BCUT2D eigenvalue weighted by Gasteiger charge is 2.15. The topological polar surface area (TPSA) is 92.3 Å². The van der Waals surface area contributed by atoms with Crippen LogP contribution >= 0.6 is 0 Å². The van der Waals surface area contributed by atoms with Crippen molar-refractivity contribution in [3.05, 3.63) is 59.9 Å². The number of rotatable bonds is 6. The van der Waals surface area contributed by atoms with Crippen LogP contribution in [0.3, 0.4) is 0 Å². The number of hydrogen-bond acceptors (Lipinski definition) is 7. The Morgan fingerprint density at radius 3 is 2.53 bits per heavy atom. The molecule has 1 amide bonds. The van der Waals surface area contributed by atoms with Gasteiger partial charge in [-0.25, -0.2) is 9.97 Å². The number of nitrogens with zero attached hydrogens (tertiary/aromatic N) is 4. The molecule has 0 unspecified atom stereocenters. The summed E-state index contributed by atoms with van der Waals surface area (Å²) in [6.07, 6.45) is 3.98. The van der Waals surface area contributed by atoms with Crippen molar-refractivity contribution in [1.82, 2.24) is 15.0 Å². The Kier molecular flexibility index (Phi) is 5.74. The van der Waals surface area contributed by atoms with Crippen LogP contribution in [-0.4, -0.2) is 41.1 Å². The Labute approximate surface area is 175 Å². The lowest BCUT2D eigenvalue weighted by Gasteiger charge is -2.17. The number of amides is 1. The summed E-state index contributed by atoms with van der Waals surface area (Å²) in [4.78, 5) is 28.0. The lowest BCUT2D eigenvalue weighted by atomic mass is 10.2. The van der Waals surface area contributed by atoms with Crippen LogP contribution in [-0.2, 0) is 0 Å². The Morgan fingerprint density at radius 2 is 1.80 bits per heavy atom. The number of anilines is 4. The monoisotopic (exact) mass is 404 g/mol. The van der Waals surface area contributed by atoms with Crippen LogP contribution in [0.5, 0.6) is 5.88 Å². The Hall–Kier alpha value is -3.68. The lowest BCUT2D eigenvalue weighted by Crippen LogP contribution is -2.19. The van der Waals surface area contributed by atoms with Crippen LogP contribution in [0.1, 0.15) is 28.9 Å². The van der Waals surface area contributed by atoms with Crippen molar-refractivity contribution in [1.29, 1.82) is 0 Å². The number of methoxy groups -OCH3 is 1. The van der Waals surface area contributed by atoms with Crippen LogP contribution in [0.25, 0.3) is 0 Å². The third-order valence-electron chi connectivity index (χ3n) is 4.88. The van der Waals surface area contributed by atoms with Gasteiger partial charge in [0.15, 0.2) is 0 Å². The first-order valence-corrected chi connectivity index (χ1v) is 9.90. The molecular formula is C22H24N6O2. The minimum absolute atomic E-state index is 0.280. The standard InChI is InChI=1S/C22H24N6O2/c1-15-14-19(28-12-3-4-13-28)27-22(24-15)26-17-9-7-16(8-10-17)25-20(29)18-6-5-11-23-21(18)30-2/h5-11,14H,3-4,12-13H2,1-2H3,(H,25,29)(H,24,26,27). The molecule has 1 fully saturated rings. The van der Waals surface area contributed by atoms with Gasteiger partial charge in [0.1, 0.15) is 11.4 Å². The van der Waals surface area contributed by atoms with E-state index in [1.54, 1.807) is 18.3 Å². The van der Waals surface area contributed by atoms with E-state index >= 15 is 0 Å². The first-order valence-electron chi connectivity index (χ1n) is 9.90. The van der Waals surface area contributed by atoms with Gasteiger partial charge in [0, 0.05) is 42.4 Å². The second-order valence-electron chi connectivity index (χ2n) is 7.10. The van der Waals surface area contributed by atoms with Crippen molar-refractivity contribution in [2.45, 2.75) is 19.8 Å². The highest BCUT2D eigenvalue weighted by Crippen LogP contribution is 2.23. The van der Waals surface area contributed by atoms with Gasteiger partial charge in [0.25, 0.3) is 5.91 Å². The van der Waals surface area contributed by atoms with E-state index in [1.807, 2.05) is 37.3 Å². The number of aryl methyl sites for hydroxylation is 1. The fourth-order valence-electron chi connectivity index (χ4n) is 3.41. The molecule has 0 saturated carbocycles. The fraction of sp³-hybridized carbons (Fsp3) is 0.273. The predicted octanol–water partition coefficient (Wildman–Crippen LogP) is 3.78. The van der Waals surface area contributed by atoms with Gasteiger partial charge in [-0.1, -0.05) is 0 Å². The first-order chi connectivity index (χ1) is 14.6. The second kappa shape index (κ2) is 8.77. The van der Waals surface area contributed by atoms with Crippen molar-refractivity contribution < 1.29 is 9.53 Å². The second-order valence-corrected chi connectivity index (χ2v) is 7.10. The molecule has 0 atom stereocenters. The van der Waals surface area contributed by atoms with E-state index < -0.39 is 0 Å². The number of benzene rings is 1. The molecule has 1 aliphatic heterocycles. The largest absolute Gasteiger partial charge is 0.480 e. The fourth-order valence-corrected chi connectivity index (χ4v) is 3.41. The molecule has 0 radical (unpaired) electrons. The lowest BCUT2D eigenvalue weighted by molar-refractivity contribution is 0.102. The van der Waals surface area contributed by atoms with Crippen molar-refractivity contribution >= 4 is 29.0 Å². The first kappa shape index (κ1) is 19.6. The third-order valence-corrected chi connectivity index (χ3v) is 4.88. The van der Waals surface area contributed by atoms with E-state index in [0.29, 0.717) is 23.1 Å². The molecule has 1 aromatic carbocycles. The molecule has 154 valence electrons. The maximum Gasteiger partial charge on any atom is 0.261 e. The van der Waals surface area contributed by atoms with Gasteiger partial charge in [-0.05, 0) is 56.2 Å². The number of ether oxygens (including phenoxy) is 1. The number of pyridine rings is 1. The van der Waals surface area contributed by atoms with E-state index in [9.17, 15) is 4.79 Å². The molecule has 3 aromatic rings. The van der Waals surface area contributed by atoms with Crippen LogP contribution in [0.15, 0.2) is 48.7 Å². The van der Waals surface area contributed by atoms with Gasteiger partial charge in [0.05, 0.1) is 7.11 Å². The molecular weight excluding hydrogens is 380 g/mol. The number of carbonyl (C=O) groups is 1. The van der Waals surface area contributed by atoms with E-state index in [1.165, 1.54) is 20.0 Å². The Morgan fingerprint density at radius 1 is 1.07 bits per heavy atom. The molecule has 3 heterocycles. The molecule has 8 heteroatoms. The maximum atomic E-state index is 12.5. The van der Waals surface area contributed by atoms with Crippen LogP contribution < -0.4 is 20.3 Å². The van der Waals surface area contributed by atoms with Crippen molar-refractivity contribution in [2.24, 2.45) is 0 Å². The molecule has 1 saturated heterocycles. The van der Waals surface area contributed by atoms with Crippen molar-refractivity contribution in [3.63, 3.8) is 0 Å². The zero-order chi connectivity index (χ0) is 20.9. The number of carbonyl (C=O) groups excluding carboxylic acids is 1. The smallest absolute Gasteiger partial charge is 0.261 e. The molecule has 2 N–H and O–H groups in total. The maximum absolute atomic E-state index is 12.5. The van der Waals surface area contributed by atoms with E-state index in [4.69, 9.17) is 4.74 Å². The van der Waals surface area contributed by atoms with Crippen LogP contribution in [0.4, 0.5) is 23.1 Å².